The molecule has 1 aliphatic heterocycles. The van der Waals surface area contributed by atoms with Gasteiger partial charge in [-0.2, -0.15) is 0 Å². The van der Waals surface area contributed by atoms with Gasteiger partial charge in [-0.25, -0.2) is 0 Å². The van der Waals surface area contributed by atoms with Crippen molar-refractivity contribution in [1.82, 2.24) is 4.57 Å². The van der Waals surface area contributed by atoms with Gasteiger partial charge in [0.2, 0.25) is 0 Å². The number of nitrogens with zero attached hydrogens (tertiary/aromatic N) is 1. The molecule has 6 rings (SSSR count). The standard InChI is InChI=1S/C24H15NO/c26-24-20-12-6-5-11-19(20)21-13-15-7-1-3-9-17(15)22-18-10-4-2-8-16(18)14-25(24)23(21)22/h1-13H,14H2. The van der Waals surface area contributed by atoms with Crippen molar-refractivity contribution >= 4 is 32.4 Å². The Hall–Kier alpha value is -3.39. The molecule has 0 aliphatic carbocycles. The van der Waals surface area contributed by atoms with Crippen LogP contribution >= 0.6 is 0 Å². The van der Waals surface area contributed by atoms with Crippen LogP contribution in [-0.2, 0) is 6.54 Å². The lowest BCUT2D eigenvalue weighted by Gasteiger charge is -2.25. The molecule has 2 heterocycles. The molecule has 5 aromatic rings. The first-order chi connectivity index (χ1) is 12.8. The van der Waals surface area contributed by atoms with Crippen molar-refractivity contribution in [1.29, 1.82) is 0 Å². The molecular formula is C24H15NO. The largest absolute Gasteiger partial charge is 0.303 e. The maximum Gasteiger partial charge on any atom is 0.259 e. The molecule has 26 heavy (non-hydrogen) atoms. The van der Waals surface area contributed by atoms with Crippen LogP contribution in [-0.4, -0.2) is 4.57 Å². The predicted molar refractivity (Wildman–Crippen MR) is 108 cm³/mol. The number of pyridine rings is 1. The maximum absolute atomic E-state index is 13.3. The Morgan fingerprint density at radius 1 is 0.692 bits per heavy atom. The lowest BCUT2D eigenvalue weighted by molar-refractivity contribution is 0.796. The van der Waals surface area contributed by atoms with E-state index in [9.17, 15) is 4.79 Å². The smallest absolute Gasteiger partial charge is 0.259 e. The minimum Gasteiger partial charge on any atom is -0.303 e. The van der Waals surface area contributed by atoms with Gasteiger partial charge in [-0.1, -0.05) is 66.7 Å². The van der Waals surface area contributed by atoms with Crippen LogP contribution in [0, 0.1) is 0 Å². The third-order valence-electron chi connectivity index (χ3n) is 5.60. The molecule has 0 radical (unpaired) electrons. The highest BCUT2D eigenvalue weighted by atomic mass is 16.1. The fraction of sp³-hybridized carbons (Fsp3) is 0.0417. The van der Waals surface area contributed by atoms with Crippen LogP contribution in [0.4, 0.5) is 0 Å². The third-order valence-corrected chi connectivity index (χ3v) is 5.60. The van der Waals surface area contributed by atoms with Crippen LogP contribution in [0.15, 0.2) is 83.7 Å². The summed E-state index contributed by atoms with van der Waals surface area (Å²) in [5, 5.41) is 5.40. The van der Waals surface area contributed by atoms with E-state index in [-0.39, 0.29) is 5.56 Å². The molecule has 0 fully saturated rings. The number of rotatable bonds is 0. The Kier molecular flexibility index (Phi) is 2.57. The molecule has 0 N–H and O–H groups in total. The second-order valence-electron chi connectivity index (χ2n) is 6.96. The zero-order valence-corrected chi connectivity index (χ0v) is 14.1. The monoisotopic (exact) mass is 333 g/mol. The number of benzene rings is 4. The number of hydrogen-bond acceptors (Lipinski definition) is 1. The molecule has 0 atom stereocenters. The van der Waals surface area contributed by atoms with Gasteiger partial charge in [-0.15, -0.1) is 0 Å². The summed E-state index contributed by atoms with van der Waals surface area (Å²) in [4.78, 5) is 13.3. The zero-order valence-electron chi connectivity index (χ0n) is 14.1. The lowest BCUT2D eigenvalue weighted by Crippen LogP contribution is -2.24. The zero-order chi connectivity index (χ0) is 17.3. The van der Waals surface area contributed by atoms with E-state index in [2.05, 4.69) is 60.7 Å². The molecule has 0 amide bonds. The summed E-state index contributed by atoms with van der Waals surface area (Å²) < 4.78 is 1.96. The average molecular weight is 333 g/mol. The summed E-state index contributed by atoms with van der Waals surface area (Å²) >= 11 is 0. The fourth-order valence-corrected chi connectivity index (χ4v) is 4.47. The van der Waals surface area contributed by atoms with Gasteiger partial charge in [0.25, 0.3) is 5.56 Å². The Morgan fingerprint density at radius 3 is 2.27 bits per heavy atom. The van der Waals surface area contributed by atoms with Crippen molar-refractivity contribution in [2.45, 2.75) is 6.54 Å². The van der Waals surface area contributed by atoms with Crippen molar-refractivity contribution in [2.75, 3.05) is 0 Å². The highest BCUT2D eigenvalue weighted by Crippen LogP contribution is 2.42. The number of aromatic nitrogens is 1. The molecule has 4 aromatic carbocycles. The molecule has 0 saturated carbocycles. The average Bonchev–Trinajstić information content (AvgIpc) is 2.71. The van der Waals surface area contributed by atoms with Gasteiger partial charge >= 0.3 is 0 Å². The Morgan fingerprint density at radius 2 is 1.38 bits per heavy atom. The molecule has 1 aromatic heterocycles. The quantitative estimate of drug-likeness (QED) is 0.272. The van der Waals surface area contributed by atoms with E-state index in [1.54, 1.807) is 0 Å². The van der Waals surface area contributed by atoms with E-state index in [4.69, 9.17) is 0 Å². The van der Waals surface area contributed by atoms with Gasteiger partial charge in [0.05, 0.1) is 12.1 Å². The molecule has 2 heteroatoms. The SMILES string of the molecule is O=c1c2ccccc2c2cc3ccccc3c3c2n1Cc1ccccc1-3. The highest BCUT2D eigenvalue weighted by Gasteiger charge is 2.23. The summed E-state index contributed by atoms with van der Waals surface area (Å²) in [6.07, 6.45) is 0. The van der Waals surface area contributed by atoms with Gasteiger partial charge in [-0.3, -0.25) is 4.79 Å². The fourth-order valence-electron chi connectivity index (χ4n) is 4.47. The molecule has 2 nitrogen and oxygen atoms in total. The van der Waals surface area contributed by atoms with E-state index < -0.39 is 0 Å². The predicted octanol–water partition coefficient (Wildman–Crippen LogP) is 5.34. The van der Waals surface area contributed by atoms with Crippen LogP contribution in [0.5, 0.6) is 0 Å². The summed E-state index contributed by atoms with van der Waals surface area (Å²) in [7, 11) is 0. The lowest BCUT2D eigenvalue weighted by atomic mass is 9.88. The highest BCUT2D eigenvalue weighted by molar-refractivity contribution is 6.19. The van der Waals surface area contributed by atoms with Gasteiger partial charge in [0.15, 0.2) is 0 Å². The van der Waals surface area contributed by atoms with Crippen LogP contribution in [0.25, 0.3) is 43.6 Å². The van der Waals surface area contributed by atoms with E-state index in [1.165, 1.54) is 27.5 Å². The molecule has 1 aliphatic rings. The van der Waals surface area contributed by atoms with Crippen LogP contribution in [0.1, 0.15) is 5.56 Å². The molecule has 122 valence electrons. The molecule has 0 spiro atoms. The number of hydrogen-bond donors (Lipinski definition) is 0. The van der Waals surface area contributed by atoms with Crippen molar-refractivity contribution in [3.8, 4) is 11.1 Å². The maximum atomic E-state index is 13.3. The first kappa shape index (κ1) is 13.9. The van der Waals surface area contributed by atoms with E-state index in [0.717, 1.165) is 21.7 Å². The van der Waals surface area contributed by atoms with Crippen molar-refractivity contribution in [2.24, 2.45) is 0 Å². The van der Waals surface area contributed by atoms with Gasteiger partial charge in [-0.05, 0) is 39.4 Å². The second-order valence-corrected chi connectivity index (χ2v) is 6.96. The van der Waals surface area contributed by atoms with Crippen LogP contribution < -0.4 is 5.56 Å². The number of fused-ring (bicyclic) bond motifs is 6. The third kappa shape index (κ3) is 1.64. The second kappa shape index (κ2) is 4.83. The molecule has 0 bridgehead atoms. The molecular weight excluding hydrogens is 318 g/mol. The first-order valence-corrected chi connectivity index (χ1v) is 8.88. The van der Waals surface area contributed by atoms with Crippen LogP contribution in [0.2, 0.25) is 0 Å². The van der Waals surface area contributed by atoms with Gasteiger partial charge in [0.1, 0.15) is 0 Å². The van der Waals surface area contributed by atoms with Crippen LogP contribution in [0.3, 0.4) is 0 Å². The summed E-state index contributed by atoms with van der Waals surface area (Å²) in [5.41, 5.74) is 4.78. The minimum absolute atomic E-state index is 0.0964. The summed E-state index contributed by atoms with van der Waals surface area (Å²) in [6.45, 7) is 0.627. The van der Waals surface area contributed by atoms with Gasteiger partial charge in [0, 0.05) is 16.3 Å². The Labute approximate surface area is 149 Å². The van der Waals surface area contributed by atoms with Crippen molar-refractivity contribution < 1.29 is 0 Å². The molecule has 0 saturated heterocycles. The van der Waals surface area contributed by atoms with E-state index in [1.807, 2.05) is 22.8 Å². The summed E-state index contributed by atoms with van der Waals surface area (Å²) in [5.74, 6) is 0. The first-order valence-electron chi connectivity index (χ1n) is 8.88. The van der Waals surface area contributed by atoms with Crippen molar-refractivity contribution in [3.63, 3.8) is 0 Å². The topological polar surface area (TPSA) is 22.0 Å². The Balaban J connectivity index is 2.01. The normalized spacial score (nSPS) is 12.6. The van der Waals surface area contributed by atoms with Crippen molar-refractivity contribution in [3.05, 3.63) is 94.8 Å². The Bertz CT molecular complexity index is 1430. The van der Waals surface area contributed by atoms with Gasteiger partial charge < -0.3 is 4.57 Å². The minimum atomic E-state index is 0.0964. The molecule has 0 unspecified atom stereocenters. The van der Waals surface area contributed by atoms with E-state index >= 15 is 0 Å². The summed E-state index contributed by atoms with van der Waals surface area (Å²) in [6, 6.07) is 27.1. The van der Waals surface area contributed by atoms with E-state index in [0.29, 0.717) is 6.54 Å².